The van der Waals surface area contributed by atoms with Gasteiger partial charge in [0.25, 0.3) is 0 Å². The van der Waals surface area contributed by atoms with Crippen LogP contribution in [-0.4, -0.2) is 20.5 Å². The van der Waals surface area contributed by atoms with Crippen LogP contribution in [0.15, 0.2) is 17.1 Å². The molecule has 5 heteroatoms. The van der Waals surface area contributed by atoms with Gasteiger partial charge in [-0.1, -0.05) is 0 Å². The predicted molar refractivity (Wildman–Crippen MR) is 51.3 cm³/mol. The highest BCUT2D eigenvalue weighted by molar-refractivity contribution is 6.05. The summed E-state index contributed by atoms with van der Waals surface area (Å²) in [6.45, 7) is 1.43. The molecule has 14 heavy (non-hydrogen) atoms. The van der Waals surface area contributed by atoms with Crippen molar-refractivity contribution in [2.24, 2.45) is 7.05 Å². The molecule has 2 rings (SSSR count). The Labute approximate surface area is 79.4 Å². The number of hydrogen-bond donors (Lipinski definition) is 1. The lowest BCUT2D eigenvalue weighted by Gasteiger charge is -1.97. The average Bonchev–Trinajstić information content (AvgIpc) is 2.47. The number of carbonyl (C=O) groups is 1. The van der Waals surface area contributed by atoms with E-state index in [0.29, 0.717) is 16.6 Å². The summed E-state index contributed by atoms with van der Waals surface area (Å²) in [4.78, 5) is 25.1. The SMILES string of the molecule is CC(=O)c1cc(=O)[nH]c2c1cnn2C. The number of nitrogens with one attached hydrogen (secondary N) is 1. The molecule has 0 bridgehead atoms. The van der Waals surface area contributed by atoms with Gasteiger partial charge in [0, 0.05) is 24.1 Å². The number of Topliss-reactive ketones (excluding diaryl/α,β-unsaturated/α-hetero) is 1. The number of fused-ring (bicyclic) bond motifs is 1. The van der Waals surface area contributed by atoms with E-state index in [1.165, 1.54) is 17.7 Å². The van der Waals surface area contributed by atoms with Crippen LogP contribution in [0, 0.1) is 0 Å². The Morgan fingerprint density at radius 2 is 2.29 bits per heavy atom. The number of aryl methyl sites for hydroxylation is 1. The molecule has 0 aliphatic rings. The van der Waals surface area contributed by atoms with Gasteiger partial charge < -0.3 is 4.98 Å². The Bertz CT molecular complexity index is 565. The molecule has 0 saturated carbocycles. The number of H-pyrrole nitrogens is 1. The summed E-state index contributed by atoms with van der Waals surface area (Å²) in [5.41, 5.74) is 0.700. The predicted octanol–water partition coefficient (Wildman–Crippen LogP) is 0.464. The van der Waals surface area contributed by atoms with Gasteiger partial charge in [-0.2, -0.15) is 5.10 Å². The second-order valence-corrected chi connectivity index (χ2v) is 3.13. The summed E-state index contributed by atoms with van der Waals surface area (Å²) in [6.07, 6.45) is 1.57. The Morgan fingerprint density at radius 3 is 2.93 bits per heavy atom. The van der Waals surface area contributed by atoms with Crippen molar-refractivity contribution in [3.05, 3.63) is 28.2 Å². The van der Waals surface area contributed by atoms with Crippen molar-refractivity contribution in [3.63, 3.8) is 0 Å². The molecule has 0 spiro atoms. The lowest BCUT2D eigenvalue weighted by molar-refractivity contribution is 0.101. The number of hydrogen-bond acceptors (Lipinski definition) is 3. The maximum absolute atomic E-state index is 11.2. The summed E-state index contributed by atoms with van der Waals surface area (Å²) < 4.78 is 1.53. The monoisotopic (exact) mass is 191 g/mol. The fourth-order valence-electron chi connectivity index (χ4n) is 1.44. The van der Waals surface area contributed by atoms with Gasteiger partial charge in [-0.05, 0) is 6.92 Å². The normalized spacial score (nSPS) is 10.7. The molecule has 1 N–H and O–H groups in total. The summed E-state index contributed by atoms with van der Waals surface area (Å²) in [5, 5.41) is 4.65. The lowest BCUT2D eigenvalue weighted by Crippen LogP contribution is -2.09. The van der Waals surface area contributed by atoms with Gasteiger partial charge in [-0.25, -0.2) is 0 Å². The fraction of sp³-hybridized carbons (Fsp3) is 0.222. The molecule has 72 valence electrons. The van der Waals surface area contributed by atoms with Crippen LogP contribution in [0.1, 0.15) is 17.3 Å². The van der Waals surface area contributed by atoms with E-state index in [4.69, 9.17) is 0 Å². The molecule has 0 unspecified atom stereocenters. The largest absolute Gasteiger partial charge is 0.307 e. The number of carbonyl (C=O) groups excluding carboxylic acids is 1. The molecule has 0 amide bonds. The minimum Gasteiger partial charge on any atom is -0.307 e. The summed E-state index contributed by atoms with van der Waals surface area (Å²) in [6, 6.07) is 1.30. The molecule has 5 nitrogen and oxygen atoms in total. The van der Waals surface area contributed by atoms with Crippen molar-refractivity contribution in [2.45, 2.75) is 6.92 Å². The van der Waals surface area contributed by atoms with Gasteiger partial charge in [0.1, 0.15) is 5.65 Å². The van der Waals surface area contributed by atoms with Crippen LogP contribution in [0.4, 0.5) is 0 Å². The third kappa shape index (κ3) is 1.14. The zero-order chi connectivity index (χ0) is 10.3. The van der Waals surface area contributed by atoms with E-state index in [1.807, 2.05) is 0 Å². The highest BCUT2D eigenvalue weighted by Gasteiger charge is 2.10. The molecule has 2 aromatic heterocycles. The van der Waals surface area contributed by atoms with E-state index in [0.717, 1.165) is 0 Å². The molecule has 0 fully saturated rings. The fourth-order valence-corrected chi connectivity index (χ4v) is 1.44. The van der Waals surface area contributed by atoms with Gasteiger partial charge in [-0.15, -0.1) is 0 Å². The number of rotatable bonds is 1. The zero-order valence-electron chi connectivity index (χ0n) is 7.87. The van der Waals surface area contributed by atoms with Gasteiger partial charge in [0.15, 0.2) is 5.78 Å². The van der Waals surface area contributed by atoms with Crippen molar-refractivity contribution >= 4 is 16.8 Å². The minimum atomic E-state index is -0.286. The third-order valence-corrected chi connectivity index (χ3v) is 2.13. The highest BCUT2D eigenvalue weighted by atomic mass is 16.1. The Kier molecular flexibility index (Phi) is 1.73. The maximum atomic E-state index is 11.2. The number of nitrogens with zero attached hydrogens (tertiary/aromatic N) is 2. The molecule has 0 aliphatic carbocycles. The zero-order valence-corrected chi connectivity index (χ0v) is 7.87. The highest BCUT2D eigenvalue weighted by Crippen LogP contribution is 2.13. The number of ketones is 1. The first kappa shape index (κ1) is 8.68. The van der Waals surface area contributed by atoms with Gasteiger partial charge >= 0.3 is 0 Å². The summed E-state index contributed by atoms with van der Waals surface area (Å²) in [5.74, 6) is -0.130. The van der Waals surface area contributed by atoms with E-state index >= 15 is 0 Å². The van der Waals surface area contributed by atoms with Crippen molar-refractivity contribution < 1.29 is 4.79 Å². The third-order valence-electron chi connectivity index (χ3n) is 2.13. The van der Waals surface area contributed by atoms with E-state index in [2.05, 4.69) is 10.1 Å². The standard InChI is InChI=1S/C9H9N3O2/c1-5(13)6-3-8(14)11-9-7(6)4-10-12(9)2/h3-4H,1-2H3,(H,11,14). The van der Waals surface area contributed by atoms with Gasteiger partial charge in [0.05, 0.1) is 6.20 Å². The molecular weight excluding hydrogens is 182 g/mol. The quantitative estimate of drug-likeness (QED) is 0.666. The molecular formula is C9H9N3O2. The van der Waals surface area contributed by atoms with Gasteiger partial charge in [0.2, 0.25) is 5.56 Å². The topological polar surface area (TPSA) is 67.8 Å². The minimum absolute atomic E-state index is 0.130. The smallest absolute Gasteiger partial charge is 0.250 e. The van der Waals surface area contributed by atoms with Crippen LogP contribution in [0.25, 0.3) is 11.0 Å². The Balaban J connectivity index is 2.96. The van der Waals surface area contributed by atoms with Crippen molar-refractivity contribution in [1.82, 2.24) is 14.8 Å². The molecule has 0 radical (unpaired) electrons. The Hall–Kier alpha value is -1.91. The molecule has 2 aromatic rings. The second kappa shape index (κ2) is 2.80. The van der Waals surface area contributed by atoms with Crippen molar-refractivity contribution in [1.29, 1.82) is 0 Å². The maximum Gasteiger partial charge on any atom is 0.250 e. The van der Waals surface area contributed by atoms with Crippen molar-refractivity contribution in [3.8, 4) is 0 Å². The number of aromatic nitrogens is 3. The van der Waals surface area contributed by atoms with E-state index in [-0.39, 0.29) is 11.3 Å². The van der Waals surface area contributed by atoms with E-state index < -0.39 is 0 Å². The van der Waals surface area contributed by atoms with Crippen molar-refractivity contribution in [2.75, 3.05) is 0 Å². The lowest BCUT2D eigenvalue weighted by atomic mass is 10.1. The van der Waals surface area contributed by atoms with Crippen LogP contribution >= 0.6 is 0 Å². The van der Waals surface area contributed by atoms with E-state index in [1.54, 1.807) is 13.2 Å². The number of aromatic amines is 1. The molecule has 0 aliphatic heterocycles. The van der Waals surface area contributed by atoms with Crippen LogP contribution in [0.5, 0.6) is 0 Å². The molecule has 2 heterocycles. The first-order valence-electron chi connectivity index (χ1n) is 4.15. The van der Waals surface area contributed by atoms with Gasteiger partial charge in [-0.3, -0.25) is 14.3 Å². The Morgan fingerprint density at radius 1 is 1.57 bits per heavy atom. The first-order chi connectivity index (χ1) is 6.59. The molecule has 0 atom stereocenters. The number of pyridine rings is 1. The molecule has 0 saturated heterocycles. The average molecular weight is 191 g/mol. The summed E-state index contributed by atoms with van der Waals surface area (Å²) >= 11 is 0. The van der Waals surface area contributed by atoms with Crippen LogP contribution in [-0.2, 0) is 7.05 Å². The second-order valence-electron chi connectivity index (χ2n) is 3.13. The first-order valence-corrected chi connectivity index (χ1v) is 4.15. The van der Waals surface area contributed by atoms with Crippen LogP contribution in [0.2, 0.25) is 0 Å². The summed E-state index contributed by atoms with van der Waals surface area (Å²) in [7, 11) is 1.71. The van der Waals surface area contributed by atoms with E-state index in [9.17, 15) is 9.59 Å². The molecule has 0 aromatic carbocycles. The van der Waals surface area contributed by atoms with Crippen LogP contribution < -0.4 is 5.56 Å². The van der Waals surface area contributed by atoms with Crippen LogP contribution in [0.3, 0.4) is 0 Å².